The van der Waals surface area contributed by atoms with Gasteiger partial charge in [0.05, 0.1) is 32.3 Å². The van der Waals surface area contributed by atoms with Gasteiger partial charge in [-0.05, 0) is 61.4 Å². The van der Waals surface area contributed by atoms with Gasteiger partial charge in [0, 0.05) is 52.5 Å². The van der Waals surface area contributed by atoms with E-state index in [1.54, 1.807) is 67.8 Å². The zero-order chi connectivity index (χ0) is 30.4. The van der Waals surface area contributed by atoms with Crippen LogP contribution in [0.3, 0.4) is 0 Å². The summed E-state index contributed by atoms with van der Waals surface area (Å²) in [5.41, 5.74) is 2.26. The zero-order valence-electron chi connectivity index (χ0n) is 24.6. The summed E-state index contributed by atoms with van der Waals surface area (Å²) in [6.45, 7) is 6.41. The molecule has 0 bridgehead atoms. The molecule has 1 aliphatic rings. The molecular formula is C34H33FN4O4. The van der Waals surface area contributed by atoms with Crippen LogP contribution in [0, 0.1) is 12.7 Å². The van der Waals surface area contributed by atoms with Crippen molar-refractivity contribution in [3.63, 3.8) is 0 Å². The average molecular weight is 581 g/mol. The maximum absolute atomic E-state index is 14.2. The van der Waals surface area contributed by atoms with E-state index >= 15 is 0 Å². The minimum Gasteiger partial charge on any atom is -0.494 e. The average Bonchev–Trinajstić information content (AvgIpc) is 3.63. The number of ketones is 1. The molecule has 0 aliphatic carbocycles. The van der Waals surface area contributed by atoms with E-state index in [9.17, 15) is 14.3 Å². The Morgan fingerprint density at radius 1 is 1.19 bits per heavy atom. The number of fused-ring (bicyclic) bond motifs is 2. The third-order valence-corrected chi connectivity index (χ3v) is 8.17. The minimum absolute atomic E-state index is 0.0454. The summed E-state index contributed by atoms with van der Waals surface area (Å²) in [5, 5.41) is 13.2. The van der Waals surface area contributed by atoms with Gasteiger partial charge < -0.3 is 19.1 Å². The van der Waals surface area contributed by atoms with Gasteiger partial charge in [0.1, 0.15) is 34.1 Å². The summed E-state index contributed by atoms with van der Waals surface area (Å²) >= 11 is 0. The van der Waals surface area contributed by atoms with Gasteiger partial charge in [-0.1, -0.05) is 19.9 Å². The van der Waals surface area contributed by atoms with Crippen LogP contribution in [0.25, 0.3) is 22.2 Å². The maximum Gasteiger partial charge on any atom is 0.163 e. The summed E-state index contributed by atoms with van der Waals surface area (Å²) < 4.78 is 27.6. The number of pyridine rings is 2. The summed E-state index contributed by atoms with van der Waals surface area (Å²) in [7, 11) is 1.55. The standard InChI is InChI=1S/C34H33FN4O4/c1-21-14-23(7-8-26(21)35)31-32-25(33(2,3)19-43-32)17-29(38-31)34(41,18-39-13-12-36-20-39)10-9-27(40)24-15-22-6-5-11-37-30(22)28(16-24)42-4/h5-8,11-17,20,41H,9-10,18-19H2,1-4H3. The van der Waals surface area contributed by atoms with Crippen LogP contribution in [0.1, 0.15) is 53.9 Å². The Kier molecular flexibility index (Phi) is 7.22. The van der Waals surface area contributed by atoms with Crippen LogP contribution in [0.2, 0.25) is 0 Å². The first-order valence-corrected chi connectivity index (χ1v) is 14.2. The lowest BCUT2D eigenvalue weighted by Gasteiger charge is -2.30. The number of halogens is 1. The zero-order valence-corrected chi connectivity index (χ0v) is 24.6. The number of carbonyl (C=O) groups excluding carboxylic acids is 1. The fourth-order valence-corrected chi connectivity index (χ4v) is 5.65. The Labute approximate surface area is 249 Å². The molecule has 9 heteroatoms. The lowest BCUT2D eigenvalue weighted by atomic mass is 9.83. The van der Waals surface area contributed by atoms with Crippen molar-refractivity contribution in [3.05, 3.63) is 102 Å². The number of hydrogen-bond donors (Lipinski definition) is 1. The molecule has 0 saturated heterocycles. The van der Waals surface area contributed by atoms with E-state index in [1.165, 1.54) is 6.07 Å². The number of ether oxygens (including phenoxy) is 2. The fourth-order valence-electron chi connectivity index (χ4n) is 5.65. The van der Waals surface area contributed by atoms with E-state index in [0.717, 1.165) is 10.9 Å². The third-order valence-electron chi connectivity index (χ3n) is 8.17. The van der Waals surface area contributed by atoms with Crippen molar-refractivity contribution in [1.29, 1.82) is 0 Å². The first kappa shape index (κ1) is 28.5. The van der Waals surface area contributed by atoms with Crippen molar-refractivity contribution in [2.24, 2.45) is 0 Å². The number of rotatable bonds is 9. The van der Waals surface area contributed by atoms with Crippen LogP contribution in [0.15, 0.2) is 73.4 Å². The maximum atomic E-state index is 14.2. The molecule has 0 saturated carbocycles. The van der Waals surface area contributed by atoms with Gasteiger partial charge in [-0.15, -0.1) is 0 Å². The lowest BCUT2D eigenvalue weighted by molar-refractivity contribution is 0.00415. The molecule has 43 heavy (non-hydrogen) atoms. The number of benzene rings is 2. The second-order valence-electron chi connectivity index (χ2n) is 11.8. The molecule has 2 aromatic carbocycles. The lowest BCUT2D eigenvalue weighted by Crippen LogP contribution is -2.33. The minimum atomic E-state index is -1.55. The van der Waals surface area contributed by atoms with Crippen LogP contribution >= 0.6 is 0 Å². The first-order chi connectivity index (χ1) is 20.6. The Bertz CT molecular complexity index is 1840. The number of carbonyl (C=O) groups is 1. The molecule has 5 aromatic rings. The molecule has 1 N–H and O–H groups in total. The van der Waals surface area contributed by atoms with Crippen molar-refractivity contribution >= 4 is 16.7 Å². The molecule has 6 rings (SSSR count). The molecule has 0 radical (unpaired) electrons. The number of aromatic nitrogens is 4. The molecule has 0 amide bonds. The number of Topliss-reactive ketones (excluding diaryl/α,β-unsaturated/α-hetero) is 1. The number of aryl methyl sites for hydroxylation is 1. The highest BCUT2D eigenvalue weighted by atomic mass is 19.1. The topological polar surface area (TPSA) is 99.4 Å². The highest BCUT2D eigenvalue weighted by molar-refractivity contribution is 6.01. The molecular weight excluding hydrogens is 547 g/mol. The Hall–Kier alpha value is -4.63. The van der Waals surface area contributed by atoms with Gasteiger partial charge in [0.15, 0.2) is 5.78 Å². The fraction of sp³-hybridized carbons (Fsp3) is 0.294. The number of nitrogens with zero attached hydrogens (tertiary/aromatic N) is 4. The second kappa shape index (κ2) is 10.9. The van der Waals surface area contributed by atoms with Gasteiger partial charge in [-0.3, -0.25) is 9.78 Å². The van der Waals surface area contributed by atoms with Gasteiger partial charge in [-0.25, -0.2) is 14.4 Å². The van der Waals surface area contributed by atoms with Gasteiger partial charge in [0.2, 0.25) is 0 Å². The Morgan fingerprint density at radius 3 is 2.77 bits per heavy atom. The van der Waals surface area contributed by atoms with Crippen molar-refractivity contribution in [2.45, 2.75) is 51.2 Å². The van der Waals surface area contributed by atoms with E-state index in [1.807, 2.05) is 18.2 Å². The summed E-state index contributed by atoms with van der Waals surface area (Å²) in [6, 6.07) is 13.9. The molecule has 1 atom stereocenters. The second-order valence-corrected chi connectivity index (χ2v) is 11.8. The van der Waals surface area contributed by atoms with Crippen molar-refractivity contribution < 1.29 is 23.8 Å². The number of aliphatic hydroxyl groups is 1. The summed E-state index contributed by atoms with van der Waals surface area (Å²) in [4.78, 5) is 27.1. The smallest absolute Gasteiger partial charge is 0.163 e. The van der Waals surface area contributed by atoms with E-state index in [4.69, 9.17) is 14.5 Å². The van der Waals surface area contributed by atoms with Gasteiger partial charge in [-0.2, -0.15) is 0 Å². The van der Waals surface area contributed by atoms with Crippen LogP contribution in [0.4, 0.5) is 4.39 Å². The van der Waals surface area contributed by atoms with E-state index in [-0.39, 0.29) is 36.4 Å². The summed E-state index contributed by atoms with van der Waals surface area (Å²) in [5.74, 6) is 0.677. The molecule has 0 fully saturated rings. The SMILES string of the molecule is COc1cc(C(=O)CCC(O)(Cn2ccnc2)c2cc3c(c(-c4ccc(F)c(C)c4)n2)OCC3(C)C)cc2cccnc12. The number of imidazole rings is 1. The molecule has 0 spiro atoms. The monoisotopic (exact) mass is 580 g/mol. The van der Waals surface area contributed by atoms with Crippen LogP contribution in [0.5, 0.6) is 11.5 Å². The molecule has 1 aliphatic heterocycles. The quantitative estimate of drug-likeness (QED) is 0.208. The van der Waals surface area contributed by atoms with Crippen molar-refractivity contribution in [3.8, 4) is 22.8 Å². The van der Waals surface area contributed by atoms with Crippen molar-refractivity contribution in [2.75, 3.05) is 13.7 Å². The van der Waals surface area contributed by atoms with E-state index in [2.05, 4.69) is 23.8 Å². The normalized spacial score (nSPS) is 15.1. The van der Waals surface area contributed by atoms with Crippen LogP contribution < -0.4 is 9.47 Å². The largest absolute Gasteiger partial charge is 0.494 e. The molecule has 1 unspecified atom stereocenters. The predicted molar refractivity (Wildman–Crippen MR) is 161 cm³/mol. The molecule has 8 nitrogen and oxygen atoms in total. The van der Waals surface area contributed by atoms with Gasteiger partial charge >= 0.3 is 0 Å². The Morgan fingerprint density at radius 2 is 2.02 bits per heavy atom. The Balaban J connectivity index is 1.42. The van der Waals surface area contributed by atoms with Gasteiger partial charge in [0.25, 0.3) is 0 Å². The third kappa shape index (κ3) is 5.36. The van der Waals surface area contributed by atoms with E-state index < -0.39 is 5.60 Å². The molecule has 4 heterocycles. The summed E-state index contributed by atoms with van der Waals surface area (Å²) in [6.07, 6.45) is 6.84. The number of methoxy groups -OCH3 is 1. The van der Waals surface area contributed by atoms with Crippen LogP contribution in [-0.2, 0) is 17.6 Å². The van der Waals surface area contributed by atoms with Crippen molar-refractivity contribution in [1.82, 2.24) is 19.5 Å². The first-order valence-electron chi connectivity index (χ1n) is 14.2. The molecule has 220 valence electrons. The van der Waals surface area contributed by atoms with E-state index in [0.29, 0.717) is 51.7 Å². The highest BCUT2D eigenvalue weighted by Crippen LogP contribution is 2.46. The highest BCUT2D eigenvalue weighted by Gasteiger charge is 2.40. The predicted octanol–water partition coefficient (Wildman–Crippen LogP) is 6.17. The molecule has 3 aromatic heterocycles. The van der Waals surface area contributed by atoms with Crippen LogP contribution in [-0.4, -0.2) is 44.1 Å². The number of hydrogen-bond acceptors (Lipinski definition) is 7.